The van der Waals surface area contributed by atoms with Crippen molar-refractivity contribution in [3.63, 3.8) is 0 Å². The summed E-state index contributed by atoms with van der Waals surface area (Å²) in [7, 11) is 0. The van der Waals surface area contributed by atoms with E-state index >= 15 is 0 Å². The number of aromatic nitrogens is 2. The van der Waals surface area contributed by atoms with Crippen molar-refractivity contribution >= 4 is 5.91 Å². The van der Waals surface area contributed by atoms with Crippen LogP contribution in [0, 0.1) is 11.3 Å². The molecule has 2 heterocycles. The van der Waals surface area contributed by atoms with Gasteiger partial charge in [-0.15, -0.1) is 0 Å². The number of carbonyl (C=O) groups excluding carboxylic acids is 1. The number of benzene rings is 1. The quantitative estimate of drug-likeness (QED) is 0.848. The fourth-order valence-electron chi connectivity index (χ4n) is 2.80. The monoisotopic (exact) mass is 327 g/mol. The van der Waals surface area contributed by atoms with Gasteiger partial charge in [-0.05, 0) is 31.5 Å². The second kappa shape index (κ2) is 7.10. The number of ether oxygens (including phenoxy) is 1. The molecule has 0 bridgehead atoms. The smallest absolute Gasteiger partial charge is 0.290 e. The first-order chi connectivity index (χ1) is 11.7. The van der Waals surface area contributed by atoms with E-state index in [2.05, 4.69) is 21.1 Å². The maximum atomic E-state index is 11.1. The van der Waals surface area contributed by atoms with Gasteiger partial charge in [0.05, 0.1) is 11.6 Å². The van der Waals surface area contributed by atoms with E-state index in [-0.39, 0.29) is 11.9 Å². The highest BCUT2D eigenvalue weighted by atomic mass is 16.5. The van der Waals surface area contributed by atoms with Gasteiger partial charge in [0.2, 0.25) is 5.89 Å². The molecule has 1 atom stereocenters. The van der Waals surface area contributed by atoms with Gasteiger partial charge < -0.3 is 15.0 Å². The summed E-state index contributed by atoms with van der Waals surface area (Å²) in [5.41, 5.74) is 5.66. The molecule has 1 aromatic carbocycles. The number of para-hydroxylation sites is 1. The van der Waals surface area contributed by atoms with Crippen LogP contribution in [0.4, 0.5) is 0 Å². The molecular formula is C16H17N5O3. The summed E-state index contributed by atoms with van der Waals surface area (Å²) < 4.78 is 10.9. The second-order valence-corrected chi connectivity index (χ2v) is 5.47. The Bertz CT molecular complexity index is 767. The lowest BCUT2D eigenvalue weighted by molar-refractivity contribution is 0.0987. The fourth-order valence-corrected chi connectivity index (χ4v) is 2.80. The van der Waals surface area contributed by atoms with Crippen LogP contribution in [0.3, 0.4) is 0 Å². The van der Waals surface area contributed by atoms with Crippen molar-refractivity contribution in [2.75, 3.05) is 19.7 Å². The van der Waals surface area contributed by atoms with Crippen LogP contribution >= 0.6 is 0 Å². The van der Waals surface area contributed by atoms with Gasteiger partial charge in [0, 0.05) is 6.54 Å². The average molecular weight is 327 g/mol. The number of primary amides is 1. The largest absolute Gasteiger partial charge is 0.491 e. The van der Waals surface area contributed by atoms with Crippen LogP contribution in [0.5, 0.6) is 5.75 Å². The molecule has 2 N–H and O–H groups in total. The van der Waals surface area contributed by atoms with Gasteiger partial charge in [-0.2, -0.15) is 10.2 Å². The molecule has 0 aliphatic carbocycles. The van der Waals surface area contributed by atoms with E-state index in [0.717, 1.165) is 19.4 Å². The maximum Gasteiger partial charge on any atom is 0.290 e. The van der Waals surface area contributed by atoms with Crippen LogP contribution in [0.25, 0.3) is 0 Å². The van der Waals surface area contributed by atoms with Gasteiger partial charge in [0.15, 0.2) is 0 Å². The summed E-state index contributed by atoms with van der Waals surface area (Å²) >= 11 is 0. The number of nitrogens with two attached hydrogens (primary N) is 1. The lowest BCUT2D eigenvalue weighted by Crippen LogP contribution is -2.28. The minimum atomic E-state index is -0.703. The van der Waals surface area contributed by atoms with E-state index in [1.54, 1.807) is 18.2 Å². The fraction of sp³-hybridized carbons (Fsp3) is 0.375. The summed E-state index contributed by atoms with van der Waals surface area (Å²) in [5, 5.41) is 12.7. The maximum absolute atomic E-state index is 11.1. The lowest BCUT2D eigenvalue weighted by Gasteiger charge is -2.21. The van der Waals surface area contributed by atoms with E-state index in [1.807, 2.05) is 6.07 Å². The molecule has 24 heavy (non-hydrogen) atoms. The SMILES string of the molecule is N#Cc1ccccc1OCCN1CCC[C@H]1c1nc(C(N)=O)no1. The van der Waals surface area contributed by atoms with E-state index in [4.69, 9.17) is 20.3 Å². The molecule has 0 unspecified atom stereocenters. The van der Waals surface area contributed by atoms with Gasteiger partial charge in [-0.3, -0.25) is 9.69 Å². The highest BCUT2D eigenvalue weighted by Crippen LogP contribution is 2.30. The Morgan fingerprint density at radius 3 is 3.08 bits per heavy atom. The van der Waals surface area contributed by atoms with Crippen molar-refractivity contribution in [3.05, 3.63) is 41.5 Å². The lowest BCUT2D eigenvalue weighted by atomic mass is 10.2. The summed E-state index contributed by atoms with van der Waals surface area (Å²) in [4.78, 5) is 17.3. The topological polar surface area (TPSA) is 118 Å². The van der Waals surface area contributed by atoms with Crippen molar-refractivity contribution in [1.29, 1.82) is 5.26 Å². The standard InChI is InChI=1S/C16H17N5O3/c17-10-11-4-1-2-6-13(11)23-9-8-21-7-3-5-12(21)16-19-15(14(18)22)20-24-16/h1-2,4,6,12H,3,5,7-9H2,(H2,18,22)/t12-/m0/s1. The van der Waals surface area contributed by atoms with Gasteiger partial charge >= 0.3 is 0 Å². The van der Waals surface area contributed by atoms with Crippen LogP contribution in [0.1, 0.15) is 41.0 Å². The molecule has 8 nitrogen and oxygen atoms in total. The van der Waals surface area contributed by atoms with E-state index in [1.165, 1.54) is 0 Å². The third kappa shape index (κ3) is 3.36. The molecule has 1 aromatic heterocycles. The average Bonchev–Trinajstić information content (AvgIpc) is 3.24. The van der Waals surface area contributed by atoms with Crippen LogP contribution < -0.4 is 10.5 Å². The molecule has 1 aliphatic heterocycles. The summed E-state index contributed by atoms with van der Waals surface area (Å²) in [6.45, 7) is 1.97. The van der Waals surface area contributed by atoms with Gasteiger partial charge in [0.25, 0.3) is 11.7 Å². The Hall–Kier alpha value is -2.92. The first-order valence-electron chi connectivity index (χ1n) is 7.68. The molecule has 3 rings (SSSR count). The summed E-state index contributed by atoms with van der Waals surface area (Å²) in [6, 6.07) is 9.19. The number of amides is 1. The van der Waals surface area contributed by atoms with Crippen LogP contribution in [-0.2, 0) is 0 Å². The Morgan fingerprint density at radius 2 is 2.33 bits per heavy atom. The molecule has 124 valence electrons. The zero-order valence-electron chi connectivity index (χ0n) is 13.0. The first-order valence-corrected chi connectivity index (χ1v) is 7.68. The molecule has 1 saturated heterocycles. The molecular weight excluding hydrogens is 310 g/mol. The van der Waals surface area contributed by atoms with Crippen molar-refractivity contribution in [2.24, 2.45) is 5.73 Å². The predicted molar refractivity (Wildman–Crippen MR) is 83.0 cm³/mol. The zero-order chi connectivity index (χ0) is 16.9. The minimum Gasteiger partial charge on any atom is -0.491 e. The second-order valence-electron chi connectivity index (χ2n) is 5.47. The van der Waals surface area contributed by atoms with Gasteiger partial charge in [0.1, 0.15) is 18.4 Å². The minimum absolute atomic E-state index is 0.0413. The molecule has 0 spiro atoms. The molecule has 1 aliphatic rings. The molecule has 0 radical (unpaired) electrons. The molecule has 8 heteroatoms. The zero-order valence-corrected chi connectivity index (χ0v) is 13.0. The van der Waals surface area contributed by atoms with E-state index < -0.39 is 5.91 Å². The Balaban J connectivity index is 1.60. The number of nitrogens with zero attached hydrogens (tertiary/aromatic N) is 4. The predicted octanol–water partition coefficient (Wildman–Crippen LogP) is 1.26. The van der Waals surface area contributed by atoms with E-state index in [0.29, 0.717) is 30.4 Å². The first kappa shape index (κ1) is 16.0. The normalized spacial score (nSPS) is 17.5. The number of carbonyl (C=O) groups is 1. The van der Waals surface area contributed by atoms with Gasteiger partial charge in [-0.25, -0.2) is 0 Å². The van der Waals surface area contributed by atoms with Crippen LogP contribution in [0.15, 0.2) is 28.8 Å². The Morgan fingerprint density at radius 1 is 1.50 bits per heavy atom. The van der Waals surface area contributed by atoms with Crippen molar-refractivity contribution in [3.8, 4) is 11.8 Å². The Labute approximate surface area is 138 Å². The van der Waals surface area contributed by atoms with Crippen molar-refractivity contribution in [1.82, 2.24) is 15.0 Å². The molecule has 0 saturated carbocycles. The van der Waals surface area contributed by atoms with Crippen LogP contribution in [0.2, 0.25) is 0 Å². The van der Waals surface area contributed by atoms with Crippen molar-refractivity contribution < 1.29 is 14.1 Å². The molecule has 2 aromatic rings. The Kier molecular flexibility index (Phi) is 4.72. The van der Waals surface area contributed by atoms with Gasteiger partial charge in [-0.1, -0.05) is 17.3 Å². The molecule has 1 fully saturated rings. The van der Waals surface area contributed by atoms with Crippen LogP contribution in [-0.4, -0.2) is 40.6 Å². The molecule has 1 amide bonds. The third-order valence-corrected chi connectivity index (χ3v) is 3.95. The number of nitriles is 1. The summed E-state index contributed by atoms with van der Waals surface area (Å²) in [6.07, 6.45) is 1.86. The number of hydrogen-bond acceptors (Lipinski definition) is 7. The highest BCUT2D eigenvalue weighted by Gasteiger charge is 2.31. The summed E-state index contributed by atoms with van der Waals surface area (Å²) in [5.74, 6) is 0.172. The van der Waals surface area contributed by atoms with Crippen molar-refractivity contribution in [2.45, 2.75) is 18.9 Å². The number of hydrogen-bond donors (Lipinski definition) is 1. The number of likely N-dealkylation sites (tertiary alicyclic amines) is 1. The van der Waals surface area contributed by atoms with E-state index in [9.17, 15) is 4.79 Å². The third-order valence-electron chi connectivity index (χ3n) is 3.95. The number of rotatable bonds is 6. The highest BCUT2D eigenvalue weighted by molar-refractivity contribution is 5.88.